The van der Waals surface area contributed by atoms with E-state index in [1.807, 2.05) is 67.5 Å². The van der Waals surface area contributed by atoms with Gasteiger partial charge in [0.05, 0.1) is 29.4 Å². The Labute approximate surface area is 237 Å². The zero-order valence-corrected chi connectivity index (χ0v) is 25.6. The Morgan fingerprint density at radius 3 is 2.42 bits per heavy atom. The molecule has 0 saturated heterocycles. The maximum absolute atomic E-state index is 13.7. The van der Waals surface area contributed by atoms with Gasteiger partial charge in [-0.1, -0.05) is 41.9 Å². The van der Waals surface area contributed by atoms with Crippen molar-refractivity contribution in [3.8, 4) is 0 Å². The third-order valence-electron chi connectivity index (χ3n) is 6.11. The lowest BCUT2D eigenvalue weighted by Gasteiger charge is -2.32. The second-order valence-corrected chi connectivity index (χ2v) is 12.1. The minimum atomic E-state index is -1.41. The summed E-state index contributed by atoms with van der Waals surface area (Å²) in [5.74, 6) is -0.724. The number of hydrogen-bond donors (Lipinski definition) is 3. The summed E-state index contributed by atoms with van der Waals surface area (Å²) in [6, 6.07) is 8.62. The van der Waals surface area contributed by atoms with Gasteiger partial charge in [-0.25, -0.2) is 8.93 Å². The topological polar surface area (TPSA) is 119 Å². The van der Waals surface area contributed by atoms with Crippen molar-refractivity contribution in [2.75, 3.05) is 26.1 Å². The van der Waals surface area contributed by atoms with Crippen molar-refractivity contribution in [2.24, 2.45) is 12.8 Å². The van der Waals surface area contributed by atoms with Crippen molar-refractivity contribution in [3.63, 3.8) is 0 Å². The average Bonchev–Trinajstić information content (AvgIpc) is 3.10. The van der Waals surface area contributed by atoms with Gasteiger partial charge in [0.2, 0.25) is 11.8 Å². The van der Waals surface area contributed by atoms with Crippen LogP contribution >= 0.6 is 23.1 Å². The fourth-order valence-electron chi connectivity index (χ4n) is 3.80. The number of aromatic nitrogens is 1. The lowest BCUT2D eigenvalue weighted by Crippen LogP contribution is -2.58. The molecule has 2 unspecified atom stereocenters. The molecule has 0 aliphatic carbocycles. The van der Waals surface area contributed by atoms with Gasteiger partial charge in [-0.15, -0.1) is 11.6 Å². The fourth-order valence-corrected chi connectivity index (χ4v) is 5.96. The summed E-state index contributed by atoms with van der Waals surface area (Å²) in [7, 11) is 0.519. The first-order valence-electron chi connectivity index (χ1n) is 12.3. The maximum atomic E-state index is 13.7. The summed E-state index contributed by atoms with van der Waals surface area (Å²) in [5.41, 5.74) is 6.96. The van der Waals surface area contributed by atoms with Crippen LogP contribution in [0.25, 0.3) is 4.91 Å². The number of carbonyl (C=O) groups excluding carboxylic acids is 2. The molecule has 0 saturated carbocycles. The number of rotatable bonds is 11. The van der Waals surface area contributed by atoms with Gasteiger partial charge in [-0.2, -0.15) is 0 Å². The number of amides is 2. The number of ether oxygens (including phenoxy) is 1. The first-order chi connectivity index (χ1) is 17.8. The first-order valence-corrected chi connectivity index (χ1v) is 15.0. The van der Waals surface area contributed by atoms with Crippen LogP contribution < -0.4 is 15.8 Å². The van der Waals surface area contributed by atoms with E-state index in [0.29, 0.717) is 18.1 Å². The van der Waals surface area contributed by atoms with Gasteiger partial charge >= 0.3 is 0 Å². The Morgan fingerprint density at radius 2 is 1.92 bits per heavy atom. The van der Waals surface area contributed by atoms with Gasteiger partial charge in [-0.05, 0) is 45.8 Å². The SMILES string of the molecule is CCN(CC1=C(c2ccccc2)S(=O)NC1(C)C)C(=O)C(COCc1csn1C)NC(=O)C(C)(C)N.CCl. The van der Waals surface area contributed by atoms with Crippen molar-refractivity contribution in [2.45, 2.75) is 58.3 Å². The molecule has 2 aromatic rings. The number of nitrogens with zero attached hydrogens (tertiary/aromatic N) is 2. The lowest BCUT2D eigenvalue weighted by atomic mass is 9.92. The number of benzene rings is 1. The Bertz CT molecular complexity index is 1140. The molecule has 4 N–H and O–H groups in total. The first kappa shape index (κ1) is 32.2. The molecule has 1 aromatic heterocycles. The number of aryl methyl sites for hydroxylation is 1. The monoisotopic (exact) mass is 585 g/mol. The molecule has 0 spiro atoms. The molecule has 2 atom stereocenters. The van der Waals surface area contributed by atoms with Crippen LogP contribution in [-0.4, -0.2) is 68.1 Å². The van der Waals surface area contributed by atoms with Gasteiger partial charge in [-0.3, -0.25) is 9.59 Å². The average molecular weight is 586 g/mol. The van der Waals surface area contributed by atoms with Crippen molar-refractivity contribution < 1.29 is 18.5 Å². The standard InChI is InChI=1S/C25H37N5O4S2.CH3Cl/c1-7-30(13-19-21(17-11-9-8-10-12-17)36(33)28-25(19,4)5)22(31)20(27-23(32)24(2,3)26)15-34-14-18-16-35-29(18)6;1-2/h8-12,16,20,28H,7,13-15,26H2,1-6H3,(H,27,32);1H3. The molecule has 0 bridgehead atoms. The lowest BCUT2D eigenvalue weighted by molar-refractivity contribution is -0.139. The molecule has 38 heavy (non-hydrogen) atoms. The van der Waals surface area contributed by atoms with Crippen LogP contribution in [0.3, 0.4) is 0 Å². The van der Waals surface area contributed by atoms with E-state index in [4.69, 9.17) is 10.5 Å². The van der Waals surface area contributed by atoms with Crippen LogP contribution in [0.15, 0.2) is 41.3 Å². The number of nitrogens with one attached hydrogen (secondary N) is 2. The Balaban J connectivity index is 0.00000247. The van der Waals surface area contributed by atoms with Crippen molar-refractivity contribution >= 4 is 50.8 Å². The number of carbonyl (C=O) groups is 2. The highest BCUT2D eigenvalue weighted by molar-refractivity contribution is 7.93. The predicted octanol–water partition coefficient (Wildman–Crippen LogP) is 2.99. The molecule has 1 aromatic carbocycles. The molecule has 0 radical (unpaired) electrons. The predicted molar refractivity (Wildman–Crippen MR) is 156 cm³/mol. The van der Waals surface area contributed by atoms with Gasteiger partial charge in [0.25, 0.3) is 0 Å². The Morgan fingerprint density at radius 1 is 1.29 bits per heavy atom. The minimum absolute atomic E-state index is 0.00512. The summed E-state index contributed by atoms with van der Waals surface area (Å²) in [5, 5.41) is 4.76. The molecule has 1 aliphatic rings. The van der Waals surface area contributed by atoms with E-state index in [2.05, 4.69) is 21.6 Å². The largest absolute Gasteiger partial charge is 0.372 e. The van der Waals surface area contributed by atoms with E-state index in [1.165, 1.54) is 6.38 Å². The van der Waals surface area contributed by atoms with Crippen LogP contribution in [-0.2, 0) is 39.0 Å². The van der Waals surface area contributed by atoms with E-state index >= 15 is 0 Å². The maximum Gasteiger partial charge on any atom is 0.247 e. The van der Waals surface area contributed by atoms with E-state index in [1.54, 1.807) is 30.3 Å². The van der Waals surface area contributed by atoms with Crippen LogP contribution in [0.2, 0.25) is 0 Å². The summed E-state index contributed by atoms with van der Waals surface area (Å²) in [6.07, 6.45) is 1.47. The molecule has 3 rings (SSSR count). The quantitative estimate of drug-likeness (QED) is 0.350. The van der Waals surface area contributed by atoms with E-state index in [-0.39, 0.29) is 19.1 Å². The molecule has 9 nitrogen and oxygen atoms in total. The Hall–Kier alpha value is -2.02. The molecule has 212 valence electrons. The van der Waals surface area contributed by atoms with Crippen LogP contribution in [0.5, 0.6) is 0 Å². The van der Waals surface area contributed by atoms with Gasteiger partial charge < -0.3 is 24.6 Å². The Kier molecular flexibility index (Phi) is 11.7. The van der Waals surface area contributed by atoms with Crippen molar-refractivity contribution in [3.05, 3.63) is 52.5 Å². The molecular weight excluding hydrogens is 546 g/mol. The molecule has 0 fully saturated rings. The summed E-state index contributed by atoms with van der Waals surface area (Å²) in [4.78, 5) is 28.8. The number of nitrogens with two attached hydrogens (primary N) is 1. The molecule has 1 aliphatic heterocycles. The van der Waals surface area contributed by atoms with E-state index in [9.17, 15) is 13.8 Å². The second kappa shape index (κ2) is 13.9. The van der Waals surface area contributed by atoms with E-state index < -0.39 is 34.0 Å². The zero-order valence-electron chi connectivity index (χ0n) is 23.2. The highest BCUT2D eigenvalue weighted by atomic mass is 35.5. The summed E-state index contributed by atoms with van der Waals surface area (Å²) in [6.45, 7) is 9.96. The molecule has 2 amide bonds. The number of likely N-dealkylation sites (N-methyl/N-ethyl adjacent to an activating group) is 1. The number of halogens is 1. The van der Waals surface area contributed by atoms with Crippen LogP contribution in [0.4, 0.5) is 0 Å². The van der Waals surface area contributed by atoms with Gasteiger partial charge in [0, 0.05) is 37.4 Å². The molecule has 12 heteroatoms. The third kappa shape index (κ3) is 8.00. The zero-order chi connectivity index (χ0) is 28.7. The van der Waals surface area contributed by atoms with Crippen molar-refractivity contribution in [1.82, 2.24) is 18.9 Å². The minimum Gasteiger partial charge on any atom is -0.372 e. The van der Waals surface area contributed by atoms with E-state index in [0.717, 1.165) is 16.8 Å². The highest BCUT2D eigenvalue weighted by Crippen LogP contribution is 2.36. The highest BCUT2D eigenvalue weighted by Gasteiger charge is 2.40. The normalized spacial score (nSPS) is 17.6. The van der Waals surface area contributed by atoms with Gasteiger partial charge in [0.15, 0.2) is 0 Å². The fraction of sp³-hybridized carbons (Fsp3) is 0.538. The third-order valence-corrected chi connectivity index (χ3v) is 8.59. The van der Waals surface area contributed by atoms with Crippen LogP contribution in [0.1, 0.15) is 45.9 Å². The second-order valence-electron chi connectivity index (χ2n) is 10.00. The molecular formula is C26H40ClN5O4S2. The summed E-state index contributed by atoms with van der Waals surface area (Å²) >= 11 is 6.20. The number of alkyl halides is 1. The molecule has 2 heterocycles. The van der Waals surface area contributed by atoms with Crippen molar-refractivity contribution in [1.29, 1.82) is 0 Å². The summed E-state index contributed by atoms with van der Waals surface area (Å²) < 4.78 is 24.0. The number of hydrogen-bond acceptors (Lipinski definition) is 6. The van der Waals surface area contributed by atoms with Gasteiger partial charge in [0.1, 0.15) is 17.0 Å². The smallest absolute Gasteiger partial charge is 0.247 e. The van der Waals surface area contributed by atoms with Crippen LogP contribution in [0, 0.1) is 0 Å².